The van der Waals surface area contributed by atoms with E-state index in [9.17, 15) is 0 Å². The van der Waals surface area contributed by atoms with Crippen LogP contribution >= 0.6 is 0 Å². The van der Waals surface area contributed by atoms with Crippen molar-refractivity contribution in [1.82, 2.24) is 0 Å². The van der Waals surface area contributed by atoms with Crippen LogP contribution in [0.15, 0.2) is 6.08 Å². The summed E-state index contributed by atoms with van der Waals surface area (Å²) in [5, 5.41) is 0.0122. The molecule has 0 amide bonds. The van der Waals surface area contributed by atoms with Crippen molar-refractivity contribution in [3.05, 3.63) is 12.7 Å². The molecule has 1 heterocycles. The maximum atomic E-state index is 5.50. The predicted octanol–water partition coefficient (Wildman–Crippen LogP) is 0.235. The fourth-order valence-corrected chi connectivity index (χ4v) is 1.64. The van der Waals surface area contributed by atoms with E-state index in [1.54, 1.807) is 6.08 Å². The Kier molecular flexibility index (Phi) is 4.75. The Balaban J connectivity index is 0.000000810. The van der Waals surface area contributed by atoms with Gasteiger partial charge >= 0.3 is 0 Å². The van der Waals surface area contributed by atoms with Crippen LogP contribution in [0.4, 0.5) is 0 Å². The number of hydrogen-bond donors (Lipinski definition) is 0. The van der Waals surface area contributed by atoms with Gasteiger partial charge in [0.15, 0.2) is 0 Å². The van der Waals surface area contributed by atoms with Gasteiger partial charge in [-0.05, 0) is 19.3 Å². The Morgan fingerprint density at radius 1 is 1.50 bits per heavy atom. The molecule has 3 heteroatoms. The van der Waals surface area contributed by atoms with E-state index < -0.39 is 0 Å². The van der Waals surface area contributed by atoms with Crippen molar-refractivity contribution in [3.63, 3.8) is 0 Å². The van der Waals surface area contributed by atoms with E-state index in [4.69, 9.17) is 11.3 Å². The Hall–Kier alpha value is 0.605. The molecule has 58 valence electrons. The Labute approximate surface area is 79.9 Å². The van der Waals surface area contributed by atoms with Gasteiger partial charge in [0.2, 0.25) is 0 Å². The number of rotatable bonds is 1. The van der Waals surface area contributed by atoms with Crippen LogP contribution in [0.3, 0.4) is 0 Å². The van der Waals surface area contributed by atoms with Crippen LogP contribution in [0.25, 0.3) is 0 Å². The minimum Gasteiger partial charge on any atom is -0.515 e. The first-order chi connectivity index (χ1) is 4.27. The molecule has 1 nitrogen and oxygen atoms in total. The minimum atomic E-state index is 0. The summed E-state index contributed by atoms with van der Waals surface area (Å²) >= 11 is 0. The summed E-state index contributed by atoms with van der Waals surface area (Å²) in [6, 6.07) is 0. The summed E-state index contributed by atoms with van der Waals surface area (Å²) in [6.45, 7) is 6.32. The van der Waals surface area contributed by atoms with Gasteiger partial charge in [-0.3, -0.25) is 0 Å². The average Bonchev–Trinajstić information content (AvgIpc) is 1.90. The van der Waals surface area contributed by atoms with E-state index >= 15 is 0 Å². The molecule has 1 saturated heterocycles. The average molecular weight is 237 g/mol. The van der Waals surface area contributed by atoms with E-state index in [0.29, 0.717) is 0 Å². The van der Waals surface area contributed by atoms with Gasteiger partial charge in [0, 0.05) is 43.1 Å². The summed E-state index contributed by atoms with van der Waals surface area (Å²) in [5.41, 5.74) is 0. The zero-order chi connectivity index (χ0) is 6.74. The van der Waals surface area contributed by atoms with Gasteiger partial charge in [0.25, 0.3) is 0 Å². The van der Waals surface area contributed by atoms with Gasteiger partial charge in [-0.15, -0.1) is 0 Å². The molecule has 1 aliphatic rings. The molecule has 0 saturated carbocycles. The van der Waals surface area contributed by atoms with Gasteiger partial charge in [-0.1, -0.05) is 0 Å². The molecule has 1 atom stereocenters. The third-order valence-electron chi connectivity index (χ3n) is 1.85. The van der Waals surface area contributed by atoms with E-state index in [1.807, 2.05) is 0 Å². The molecule has 1 aliphatic heterocycles. The van der Waals surface area contributed by atoms with Crippen molar-refractivity contribution in [2.75, 3.05) is 6.61 Å². The smallest absolute Gasteiger partial charge is 0.0471 e. The fraction of sp³-hybridized carbons (Fsp3) is 0.714. The Bertz CT molecular complexity index is 110. The molecule has 0 aromatic heterocycles. The monoisotopic (exact) mass is 239 g/mol. The van der Waals surface area contributed by atoms with Gasteiger partial charge in [0.05, 0.1) is 0 Å². The third kappa shape index (κ3) is 2.69. The first-order valence-electron chi connectivity index (χ1n) is 3.47. The molecule has 0 bridgehead atoms. The zero-order valence-electron chi connectivity index (χ0n) is 6.30. The van der Waals surface area contributed by atoms with E-state index in [-0.39, 0.29) is 26.3 Å². The van der Waals surface area contributed by atoms with Crippen LogP contribution in [0, 0.1) is 6.58 Å². The van der Waals surface area contributed by atoms with Crippen molar-refractivity contribution >= 4 is 10.2 Å². The second kappa shape index (κ2) is 4.48. The van der Waals surface area contributed by atoms with Crippen LogP contribution in [-0.2, 0) is 25.8 Å². The van der Waals surface area contributed by atoms with Crippen molar-refractivity contribution in [2.45, 2.75) is 24.5 Å². The molecular weight excluding hydrogens is 224 g/mol. The van der Waals surface area contributed by atoms with Crippen molar-refractivity contribution < 1.29 is 25.8 Å². The van der Waals surface area contributed by atoms with Crippen LogP contribution in [0.1, 0.15) is 19.3 Å². The van der Waals surface area contributed by atoms with Crippen LogP contribution in [-0.4, -0.2) is 22.1 Å². The van der Waals surface area contributed by atoms with Crippen LogP contribution in [0.2, 0.25) is 0 Å². The minimum absolute atomic E-state index is 0. The Morgan fingerprint density at radius 2 is 2.20 bits per heavy atom. The van der Waals surface area contributed by atoms with E-state index in [0.717, 1.165) is 23.3 Å². The summed E-state index contributed by atoms with van der Waals surface area (Å²) in [4.78, 5) is 0. The molecule has 0 radical (unpaired) electrons. The van der Waals surface area contributed by atoms with E-state index in [1.165, 1.54) is 12.8 Å². The maximum Gasteiger partial charge on any atom is 0.0471 e. The van der Waals surface area contributed by atoms with E-state index in [2.05, 4.69) is 0 Å². The first kappa shape index (κ1) is 10.6. The van der Waals surface area contributed by atoms with Crippen molar-refractivity contribution in [3.8, 4) is 0 Å². The quantitative estimate of drug-likeness (QED) is 0.469. The molecule has 0 aromatic rings. The third-order valence-corrected chi connectivity index (χ3v) is 2.97. The van der Waals surface area contributed by atoms with Crippen LogP contribution < -0.4 is 0 Å². The second-order valence-electron chi connectivity index (χ2n) is 2.78. The standard InChI is InChI=1S/C7H13OSi.Mo/c1-2-7(9)5-3-4-6-8-7;/h1-2H,3-6H2,9H3;/q-1;. The predicted molar refractivity (Wildman–Crippen MR) is 41.3 cm³/mol. The molecule has 1 unspecified atom stereocenters. The van der Waals surface area contributed by atoms with Gasteiger partial charge in [-0.2, -0.15) is 0 Å². The van der Waals surface area contributed by atoms with Crippen molar-refractivity contribution in [1.29, 1.82) is 0 Å². The molecule has 0 spiro atoms. The molecular formula is C7H13MoOSi-. The maximum absolute atomic E-state index is 5.50. The molecule has 0 N–H and O–H groups in total. The van der Waals surface area contributed by atoms with Crippen LogP contribution in [0.5, 0.6) is 0 Å². The molecule has 0 aromatic carbocycles. The topological polar surface area (TPSA) is 9.23 Å². The van der Waals surface area contributed by atoms with Gasteiger partial charge in [0.1, 0.15) is 0 Å². The van der Waals surface area contributed by atoms with Gasteiger partial charge < -0.3 is 11.3 Å². The van der Waals surface area contributed by atoms with Crippen molar-refractivity contribution in [2.24, 2.45) is 0 Å². The Morgan fingerprint density at radius 3 is 2.50 bits per heavy atom. The zero-order valence-corrected chi connectivity index (χ0v) is 10.3. The number of hydrogen-bond acceptors (Lipinski definition) is 1. The van der Waals surface area contributed by atoms with Gasteiger partial charge in [-0.25, -0.2) is 6.08 Å². The normalized spacial score (nSPS) is 32.8. The largest absolute Gasteiger partial charge is 0.515 e. The summed E-state index contributed by atoms with van der Waals surface area (Å²) < 4.78 is 5.50. The first-order valence-corrected chi connectivity index (χ1v) is 4.47. The number of ether oxygens (including phenoxy) is 1. The summed E-state index contributed by atoms with van der Waals surface area (Å²) in [5.74, 6) is 0. The summed E-state index contributed by atoms with van der Waals surface area (Å²) in [6.07, 6.45) is 5.34. The molecule has 10 heavy (non-hydrogen) atoms. The SMILES string of the molecule is [CH-]=CC1([SiH3])CCCCO1.[Mo]. The second-order valence-corrected chi connectivity index (χ2v) is 4.48. The molecule has 0 aliphatic carbocycles. The summed E-state index contributed by atoms with van der Waals surface area (Å²) in [7, 11) is 1.03. The fourth-order valence-electron chi connectivity index (χ4n) is 1.09. The molecule has 1 fully saturated rings. The molecule has 1 rings (SSSR count).